The van der Waals surface area contributed by atoms with Crippen LogP contribution in [0.1, 0.15) is 49.8 Å². The van der Waals surface area contributed by atoms with Crippen LogP contribution in [0.2, 0.25) is 0 Å². The molecular formula is C22H26N4O4S2. The molecule has 0 radical (unpaired) electrons. The SMILES string of the molecule is CCn1c(N2CCCC(C)C2)c(C=C2SC(=S)N(CCC(=O)O)C2=O)c(C)c(C#N)c1=O. The molecule has 1 aromatic heterocycles. The topological polar surface area (TPSA) is 107 Å². The van der Waals surface area contributed by atoms with E-state index in [-0.39, 0.29) is 30.0 Å². The quantitative estimate of drug-likeness (QED) is 0.495. The van der Waals surface area contributed by atoms with Gasteiger partial charge in [-0.3, -0.25) is 23.9 Å². The lowest BCUT2D eigenvalue weighted by Crippen LogP contribution is -2.40. The number of carboxylic acids is 1. The third-order valence-corrected chi connectivity index (χ3v) is 7.20. The molecule has 1 N–H and O–H groups in total. The predicted molar refractivity (Wildman–Crippen MR) is 129 cm³/mol. The molecule has 2 aliphatic heterocycles. The van der Waals surface area contributed by atoms with E-state index in [1.807, 2.05) is 13.0 Å². The summed E-state index contributed by atoms with van der Waals surface area (Å²) in [4.78, 5) is 40.8. The van der Waals surface area contributed by atoms with Crippen LogP contribution in [0.3, 0.4) is 0 Å². The summed E-state index contributed by atoms with van der Waals surface area (Å²) in [6.07, 6.45) is 3.61. The van der Waals surface area contributed by atoms with Crippen molar-refractivity contribution in [3.8, 4) is 6.07 Å². The monoisotopic (exact) mass is 474 g/mol. The number of thioether (sulfide) groups is 1. The van der Waals surface area contributed by atoms with Gasteiger partial charge in [0.15, 0.2) is 0 Å². The van der Waals surface area contributed by atoms with Crippen molar-refractivity contribution >= 4 is 52.1 Å². The first-order chi connectivity index (χ1) is 15.2. The number of nitriles is 1. The lowest BCUT2D eigenvalue weighted by atomic mass is 9.98. The fraction of sp³-hybridized carbons (Fsp3) is 0.500. The third kappa shape index (κ3) is 4.59. The molecule has 0 aromatic carbocycles. The maximum Gasteiger partial charge on any atom is 0.305 e. The van der Waals surface area contributed by atoms with Crippen molar-refractivity contribution in [3.05, 3.63) is 31.9 Å². The molecule has 8 nitrogen and oxygen atoms in total. The Bertz CT molecular complexity index is 1100. The van der Waals surface area contributed by atoms with Gasteiger partial charge in [0.05, 0.1) is 11.3 Å². The molecule has 1 unspecified atom stereocenters. The van der Waals surface area contributed by atoms with E-state index < -0.39 is 5.97 Å². The number of carbonyl (C=O) groups is 2. The highest BCUT2D eigenvalue weighted by Crippen LogP contribution is 2.36. The van der Waals surface area contributed by atoms with Crippen molar-refractivity contribution in [1.29, 1.82) is 5.26 Å². The average molecular weight is 475 g/mol. The Kier molecular flexibility index (Phi) is 7.41. The average Bonchev–Trinajstić information content (AvgIpc) is 3.01. The van der Waals surface area contributed by atoms with Gasteiger partial charge in [0.1, 0.15) is 21.8 Å². The molecule has 0 bridgehead atoms. The molecule has 32 heavy (non-hydrogen) atoms. The van der Waals surface area contributed by atoms with E-state index in [0.717, 1.165) is 43.5 Å². The van der Waals surface area contributed by atoms with Gasteiger partial charge in [-0.15, -0.1) is 0 Å². The maximum absolute atomic E-state index is 13.0. The van der Waals surface area contributed by atoms with E-state index in [1.54, 1.807) is 17.6 Å². The van der Waals surface area contributed by atoms with E-state index in [2.05, 4.69) is 11.8 Å². The van der Waals surface area contributed by atoms with Crippen LogP contribution >= 0.6 is 24.0 Å². The molecule has 10 heteroatoms. The van der Waals surface area contributed by atoms with Crippen LogP contribution in [0.25, 0.3) is 6.08 Å². The lowest BCUT2D eigenvalue weighted by Gasteiger charge is -2.35. The van der Waals surface area contributed by atoms with Crippen LogP contribution in [0.5, 0.6) is 0 Å². The molecule has 1 amide bonds. The van der Waals surface area contributed by atoms with Crippen LogP contribution in [-0.4, -0.2) is 50.4 Å². The van der Waals surface area contributed by atoms with Crippen molar-refractivity contribution in [2.45, 2.75) is 46.6 Å². The number of carboxylic acid groups (broad SMARTS) is 1. The summed E-state index contributed by atoms with van der Waals surface area (Å²) in [5.41, 5.74) is 0.933. The van der Waals surface area contributed by atoms with Crippen molar-refractivity contribution < 1.29 is 14.7 Å². The number of piperidine rings is 1. The normalized spacial score (nSPS) is 20.2. The maximum atomic E-state index is 13.0. The van der Waals surface area contributed by atoms with Gasteiger partial charge in [0, 0.05) is 31.7 Å². The second-order valence-corrected chi connectivity index (χ2v) is 9.74. The van der Waals surface area contributed by atoms with Crippen LogP contribution in [0, 0.1) is 24.2 Å². The Morgan fingerprint density at radius 1 is 1.41 bits per heavy atom. The number of hydrogen-bond donors (Lipinski definition) is 1. The van der Waals surface area contributed by atoms with Crippen LogP contribution in [0.4, 0.5) is 5.82 Å². The van der Waals surface area contributed by atoms with Gasteiger partial charge in [-0.2, -0.15) is 5.26 Å². The zero-order chi connectivity index (χ0) is 23.6. The summed E-state index contributed by atoms with van der Waals surface area (Å²) >= 11 is 6.41. The number of pyridine rings is 1. The molecular weight excluding hydrogens is 448 g/mol. The second kappa shape index (κ2) is 9.88. The Labute approximate surface area is 196 Å². The highest BCUT2D eigenvalue weighted by Gasteiger charge is 2.33. The highest BCUT2D eigenvalue weighted by molar-refractivity contribution is 8.26. The molecule has 3 heterocycles. The molecule has 1 aromatic rings. The number of nitrogens with zero attached hydrogens (tertiary/aromatic N) is 4. The van der Waals surface area contributed by atoms with E-state index in [9.17, 15) is 19.6 Å². The molecule has 0 spiro atoms. The van der Waals surface area contributed by atoms with Crippen LogP contribution < -0.4 is 10.5 Å². The minimum absolute atomic E-state index is 0.00468. The summed E-state index contributed by atoms with van der Waals surface area (Å²) < 4.78 is 1.92. The van der Waals surface area contributed by atoms with Gasteiger partial charge >= 0.3 is 5.97 Å². The van der Waals surface area contributed by atoms with Crippen LogP contribution in [0.15, 0.2) is 9.70 Å². The fourth-order valence-corrected chi connectivity index (χ4v) is 5.48. The number of aliphatic carboxylic acids is 1. The smallest absolute Gasteiger partial charge is 0.305 e. The summed E-state index contributed by atoms with van der Waals surface area (Å²) in [6.45, 7) is 7.74. The molecule has 2 aliphatic rings. The lowest BCUT2D eigenvalue weighted by molar-refractivity contribution is -0.137. The first-order valence-corrected chi connectivity index (χ1v) is 11.8. The van der Waals surface area contributed by atoms with Gasteiger partial charge in [-0.25, -0.2) is 0 Å². The van der Waals surface area contributed by atoms with E-state index >= 15 is 0 Å². The Morgan fingerprint density at radius 3 is 2.72 bits per heavy atom. The number of amides is 1. The van der Waals surface area contributed by atoms with Crippen molar-refractivity contribution in [3.63, 3.8) is 0 Å². The Balaban J connectivity index is 2.16. The van der Waals surface area contributed by atoms with Crippen molar-refractivity contribution in [1.82, 2.24) is 9.47 Å². The molecule has 1 atom stereocenters. The molecule has 2 saturated heterocycles. The number of rotatable bonds is 6. The van der Waals surface area contributed by atoms with Crippen molar-refractivity contribution in [2.75, 3.05) is 24.5 Å². The Hall–Kier alpha value is -2.64. The zero-order valence-corrected chi connectivity index (χ0v) is 20.0. The minimum atomic E-state index is -1.01. The molecule has 0 saturated carbocycles. The number of aromatic nitrogens is 1. The van der Waals surface area contributed by atoms with E-state index in [0.29, 0.717) is 32.8 Å². The largest absolute Gasteiger partial charge is 0.481 e. The fourth-order valence-electron chi connectivity index (χ4n) is 4.19. The summed E-state index contributed by atoms with van der Waals surface area (Å²) in [7, 11) is 0. The predicted octanol–water partition coefficient (Wildman–Crippen LogP) is 2.96. The first-order valence-electron chi connectivity index (χ1n) is 10.6. The number of anilines is 1. The molecule has 3 rings (SSSR count). The van der Waals surface area contributed by atoms with E-state index in [4.69, 9.17) is 17.3 Å². The third-order valence-electron chi connectivity index (χ3n) is 5.82. The zero-order valence-electron chi connectivity index (χ0n) is 18.4. The number of hydrogen-bond acceptors (Lipinski definition) is 7. The second-order valence-electron chi connectivity index (χ2n) is 8.07. The Morgan fingerprint density at radius 2 is 2.12 bits per heavy atom. The summed E-state index contributed by atoms with van der Waals surface area (Å²) in [6, 6.07) is 2.03. The summed E-state index contributed by atoms with van der Waals surface area (Å²) in [5.74, 6) is -0.182. The minimum Gasteiger partial charge on any atom is -0.481 e. The number of thiocarbonyl (C=S) groups is 1. The van der Waals surface area contributed by atoms with Gasteiger partial charge in [-0.1, -0.05) is 30.9 Å². The van der Waals surface area contributed by atoms with Gasteiger partial charge < -0.3 is 10.0 Å². The standard InChI is InChI=1S/C22H26N4O4S2/c1-4-25-19(24-8-5-6-13(2)12-24)15(14(3)16(11-23)20(25)29)10-17-21(30)26(22(31)32-17)9-7-18(27)28/h10,13H,4-9,12H2,1-3H3,(H,27,28). The van der Waals surface area contributed by atoms with E-state index in [1.165, 1.54) is 4.90 Å². The first kappa shape index (κ1) is 24.0. The van der Waals surface area contributed by atoms with Gasteiger partial charge in [0.25, 0.3) is 11.5 Å². The molecule has 170 valence electrons. The van der Waals surface area contributed by atoms with Crippen molar-refractivity contribution in [2.24, 2.45) is 5.92 Å². The summed E-state index contributed by atoms with van der Waals surface area (Å²) in [5, 5.41) is 18.6. The molecule has 2 fully saturated rings. The highest BCUT2D eigenvalue weighted by atomic mass is 32.2. The number of carbonyl (C=O) groups excluding carboxylic acids is 1. The van der Waals surface area contributed by atoms with Gasteiger partial charge in [0.2, 0.25) is 0 Å². The molecule has 0 aliphatic carbocycles. The van der Waals surface area contributed by atoms with Crippen LogP contribution in [-0.2, 0) is 16.1 Å². The van der Waals surface area contributed by atoms with Gasteiger partial charge in [-0.05, 0) is 44.2 Å².